The van der Waals surface area contributed by atoms with Gasteiger partial charge in [-0.2, -0.15) is 5.26 Å². The molecule has 2 aromatic rings. The summed E-state index contributed by atoms with van der Waals surface area (Å²) in [6.45, 7) is 7.73. The normalized spacial score (nSPS) is 13.0. The van der Waals surface area contributed by atoms with Gasteiger partial charge in [0.25, 0.3) is 0 Å². The first kappa shape index (κ1) is 15.2. The van der Waals surface area contributed by atoms with Crippen LogP contribution in [0.1, 0.15) is 47.4 Å². The molecule has 114 valence electrons. The molecule has 1 aliphatic rings. The van der Waals surface area contributed by atoms with Crippen LogP contribution in [0.15, 0.2) is 36.5 Å². The molecule has 0 radical (unpaired) electrons. The third kappa shape index (κ3) is 2.57. The number of rotatable bonds is 3. The first-order valence-electron chi connectivity index (χ1n) is 7.53. The summed E-state index contributed by atoms with van der Waals surface area (Å²) < 4.78 is 14.6. The van der Waals surface area contributed by atoms with Crippen molar-refractivity contribution in [2.45, 2.75) is 26.7 Å². The molecule has 1 heterocycles. The Bertz CT molecular complexity index is 868. The van der Waals surface area contributed by atoms with Crippen molar-refractivity contribution in [3.8, 4) is 6.07 Å². The van der Waals surface area contributed by atoms with E-state index in [4.69, 9.17) is 0 Å². The summed E-state index contributed by atoms with van der Waals surface area (Å²) in [7, 11) is 0. The van der Waals surface area contributed by atoms with Gasteiger partial charge >= 0.3 is 0 Å². The number of pyridine rings is 1. The lowest BCUT2D eigenvalue weighted by Crippen LogP contribution is -2.03. The predicted molar refractivity (Wildman–Crippen MR) is 90.2 cm³/mol. The number of benzene rings is 1. The van der Waals surface area contributed by atoms with Crippen molar-refractivity contribution >= 4 is 11.6 Å². The number of nitriles is 1. The summed E-state index contributed by atoms with van der Waals surface area (Å²) >= 11 is 0. The van der Waals surface area contributed by atoms with Crippen molar-refractivity contribution in [3.63, 3.8) is 0 Å². The molecule has 3 heteroatoms. The Balaban J connectivity index is 2.11. The molecule has 2 nitrogen and oxygen atoms in total. The zero-order valence-corrected chi connectivity index (χ0v) is 13.3. The number of allylic oxidation sites excluding steroid dienone is 2. The van der Waals surface area contributed by atoms with Crippen LogP contribution in [0.5, 0.6) is 0 Å². The number of hydrogen-bond acceptors (Lipinski definition) is 2. The lowest BCUT2D eigenvalue weighted by Gasteiger charge is -2.13. The Hall–Kier alpha value is -2.73. The fraction of sp³-hybridized carbons (Fsp3) is 0.200. The highest BCUT2D eigenvalue weighted by Crippen LogP contribution is 2.38. The van der Waals surface area contributed by atoms with E-state index >= 15 is 0 Å². The average molecular weight is 304 g/mol. The first-order valence-corrected chi connectivity index (χ1v) is 7.53. The van der Waals surface area contributed by atoms with E-state index in [0.717, 1.165) is 34.4 Å². The number of aromatic nitrogens is 1. The van der Waals surface area contributed by atoms with Gasteiger partial charge in [0.15, 0.2) is 0 Å². The maximum absolute atomic E-state index is 14.6. The minimum atomic E-state index is -0.317. The quantitative estimate of drug-likeness (QED) is 0.826. The van der Waals surface area contributed by atoms with E-state index in [0.29, 0.717) is 17.5 Å². The minimum Gasteiger partial charge on any atom is -0.257 e. The van der Waals surface area contributed by atoms with Gasteiger partial charge in [-0.05, 0) is 60.7 Å². The van der Waals surface area contributed by atoms with E-state index in [-0.39, 0.29) is 5.82 Å². The molecule has 1 aromatic heterocycles. The maximum Gasteiger partial charge on any atom is 0.128 e. The summed E-state index contributed by atoms with van der Waals surface area (Å²) in [6.07, 6.45) is 4.63. The SMILES string of the molecule is C=Cc1ccc(Cc2c(F)cc(C#N)c3c2C(C)=C(C)C3)cn1. The van der Waals surface area contributed by atoms with Gasteiger partial charge in [0.1, 0.15) is 5.82 Å². The van der Waals surface area contributed by atoms with Gasteiger partial charge in [0.2, 0.25) is 0 Å². The van der Waals surface area contributed by atoms with E-state index in [9.17, 15) is 9.65 Å². The van der Waals surface area contributed by atoms with E-state index in [2.05, 4.69) is 17.6 Å². The molecule has 3 rings (SSSR count). The molecular weight excluding hydrogens is 287 g/mol. The van der Waals surface area contributed by atoms with Crippen LogP contribution in [0, 0.1) is 17.1 Å². The molecular formula is C20H17FN2. The molecule has 1 aliphatic carbocycles. The van der Waals surface area contributed by atoms with Crippen LogP contribution in [0.4, 0.5) is 4.39 Å². The van der Waals surface area contributed by atoms with Gasteiger partial charge in [0.05, 0.1) is 17.3 Å². The topological polar surface area (TPSA) is 36.7 Å². The number of hydrogen-bond donors (Lipinski definition) is 0. The average Bonchev–Trinajstić information content (AvgIpc) is 2.86. The zero-order chi connectivity index (χ0) is 16.6. The summed E-state index contributed by atoms with van der Waals surface area (Å²) in [4.78, 5) is 4.28. The van der Waals surface area contributed by atoms with Crippen LogP contribution in [0.25, 0.3) is 11.6 Å². The third-order valence-electron chi connectivity index (χ3n) is 4.50. The highest BCUT2D eigenvalue weighted by atomic mass is 19.1. The van der Waals surface area contributed by atoms with Crippen LogP contribution in [-0.4, -0.2) is 4.98 Å². The van der Waals surface area contributed by atoms with E-state index in [1.807, 2.05) is 26.0 Å². The van der Waals surface area contributed by atoms with Crippen molar-refractivity contribution in [2.75, 3.05) is 0 Å². The molecule has 0 spiro atoms. The van der Waals surface area contributed by atoms with Crippen LogP contribution in [0.2, 0.25) is 0 Å². The molecule has 0 saturated heterocycles. The molecule has 0 saturated carbocycles. The summed E-state index contributed by atoms with van der Waals surface area (Å²) in [6, 6.07) is 7.30. The number of halogens is 1. The molecule has 0 aliphatic heterocycles. The minimum absolute atomic E-state index is 0.317. The standard InChI is InChI=1S/C20H17FN2/c1-4-16-6-5-14(11-23-16)8-18-19(21)9-15(10-22)17-7-12(2)13(3)20(17)18/h4-6,9,11H,1,7-8H2,2-3H3. The van der Waals surface area contributed by atoms with Crippen LogP contribution in [0.3, 0.4) is 0 Å². The molecule has 0 amide bonds. The van der Waals surface area contributed by atoms with Gasteiger partial charge in [-0.15, -0.1) is 0 Å². The molecule has 0 N–H and O–H groups in total. The monoisotopic (exact) mass is 304 g/mol. The molecule has 0 atom stereocenters. The van der Waals surface area contributed by atoms with Crippen molar-refractivity contribution in [1.29, 1.82) is 5.26 Å². The van der Waals surface area contributed by atoms with E-state index < -0.39 is 0 Å². The number of nitrogens with zero attached hydrogens (tertiary/aromatic N) is 2. The zero-order valence-electron chi connectivity index (χ0n) is 13.3. The lowest BCUT2D eigenvalue weighted by molar-refractivity contribution is 0.612. The molecule has 0 fully saturated rings. The highest BCUT2D eigenvalue weighted by molar-refractivity contribution is 5.79. The molecule has 0 bridgehead atoms. The van der Waals surface area contributed by atoms with E-state index in [1.165, 1.54) is 11.6 Å². The Morgan fingerprint density at radius 1 is 1.39 bits per heavy atom. The van der Waals surface area contributed by atoms with Crippen molar-refractivity contribution < 1.29 is 4.39 Å². The largest absolute Gasteiger partial charge is 0.257 e. The second kappa shape index (κ2) is 5.81. The molecule has 0 unspecified atom stereocenters. The Morgan fingerprint density at radius 3 is 2.78 bits per heavy atom. The molecule has 1 aromatic carbocycles. The van der Waals surface area contributed by atoms with Crippen molar-refractivity contribution in [1.82, 2.24) is 4.98 Å². The fourth-order valence-corrected chi connectivity index (χ4v) is 3.12. The third-order valence-corrected chi connectivity index (χ3v) is 4.50. The smallest absolute Gasteiger partial charge is 0.128 e. The van der Waals surface area contributed by atoms with E-state index in [1.54, 1.807) is 12.3 Å². The molecule has 23 heavy (non-hydrogen) atoms. The van der Waals surface area contributed by atoms with Gasteiger partial charge in [-0.1, -0.05) is 18.2 Å². The lowest BCUT2D eigenvalue weighted by atomic mass is 9.91. The second-order valence-electron chi connectivity index (χ2n) is 5.90. The second-order valence-corrected chi connectivity index (χ2v) is 5.90. The maximum atomic E-state index is 14.6. The van der Waals surface area contributed by atoms with Gasteiger partial charge < -0.3 is 0 Å². The Labute approximate surface area is 135 Å². The van der Waals surface area contributed by atoms with Crippen LogP contribution >= 0.6 is 0 Å². The Morgan fingerprint density at radius 2 is 2.17 bits per heavy atom. The highest BCUT2D eigenvalue weighted by Gasteiger charge is 2.25. The van der Waals surface area contributed by atoms with Crippen molar-refractivity contribution in [3.05, 3.63) is 75.9 Å². The van der Waals surface area contributed by atoms with Crippen LogP contribution in [-0.2, 0) is 12.8 Å². The van der Waals surface area contributed by atoms with Crippen LogP contribution < -0.4 is 0 Å². The van der Waals surface area contributed by atoms with Gasteiger partial charge in [-0.25, -0.2) is 4.39 Å². The fourth-order valence-electron chi connectivity index (χ4n) is 3.12. The van der Waals surface area contributed by atoms with Gasteiger partial charge in [0, 0.05) is 18.2 Å². The van der Waals surface area contributed by atoms with Crippen molar-refractivity contribution in [2.24, 2.45) is 0 Å². The Kier molecular flexibility index (Phi) is 3.83. The summed E-state index contributed by atoms with van der Waals surface area (Å²) in [5, 5.41) is 9.28. The first-order chi connectivity index (χ1) is 11.0. The summed E-state index contributed by atoms with van der Waals surface area (Å²) in [5.41, 5.74) is 6.98. The van der Waals surface area contributed by atoms with Gasteiger partial charge in [-0.3, -0.25) is 4.98 Å². The predicted octanol–water partition coefficient (Wildman–Crippen LogP) is 4.68. The number of fused-ring (bicyclic) bond motifs is 1. The summed E-state index contributed by atoms with van der Waals surface area (Å²) in [5.74, 6) is -0.317.